The van der Waals surface area contributed by atoms with E-state index in [9.17, 15) is 4.79 Å². The minimum atomic E-state index is -0.285. The first-order valence-electron chi connectivity index (χ1n) is 5.83. The van der Waals surface area contributed by atoms with Crippen LogP contribution in [0.15, 0.2) is 24.3 Å². The number of ether oxygens (including phenoxy) is 1. The van der Waals surface area contributed by atoms with Gasteiger partial charge in [-0.3, -0.25) is 4.79 Å². The molecular weight excluding hydrogens is 216 g/mol. The SMILES string of the molecule is CCC(NCCC(N)=O)c1ccccc1OC. The Morgan fingerprint density at radius 2 is 2.18 bits per heavy atom. The van der Waals surface area contributed by atoms with E-state index < -0.39 is 0 Å². The van der Waals surface area contributed by atoms with E-state index in [1.54, 1.807) is 7.11 Å². The van der Waals surface area contributed by atoms with Gasteiger partial charge in [0.15, 0.2) is 0 Å². The second-order valence-electron chi connectivity index (χ2n) is 3.87. The van der Waals surface area contributed by atoms with Gasteiger partial charge >= 0.3 is 0 Å². The molecule has 1 aromatic rings. The van der Waals surface area contributed by atoms with E-state index in [0.29, 0.717) is 13.0 Å². The lowest BCUT2D eigenvalue weighted by Crippen LogP contribution is -2.26. The van der Waals surface area contributed by atoms with Crippen LogP contribution in [0.3, 0.4) is 0 Å². The fourth-order valence-corrected chi connectivity index (χ4v) is 1.80. The molecule has 0 saturated carbocycles. The molecule has 1 rings (SSSR count). The molecule has 94 valence electrons. The van der Waals surface area contributed by atoms with E-state index in [1.807, 2.05) is 24.3 Å². The van der Waals surface area contributed by atoms with Crippen molar-refractivity contribution in [1.82, 2.24) is 5.32 Å². The van der Waals surface area contributed by atoms with Gasteiger partial charge in [0.05, 0.1) is 7.11 Å². The molecule has 0 fully saturated rings. The number of carbonyl (C=O) groups is 1. The quantitative estimate of drug-likeness (QED) is 0.756. The van der Waals surface area contributed by atoms with E-state index in [4.69, 9.17) is 10.5 Å². The number of primary amides is 1. The van der Waals surface area contributed by atoms with Crippen LogP contribution in [-0.4, -0.2) is 19.6 Å². The molecule has 0 heterocycles. The molecular formula is C13H20N2O2. The van der Waals surface area contributed by atoms with Crippen molar-refractivity contribution in [2.24, 2.45) is 5.73 Å². The van der Waals surface area contributed by atoms with Crippen LogP contribution >= 0.6 is 0 Å². The summed E-state index contributed by atoms with van der Waals surface area (Å²) in [6.07, 6.45) is 1.28. The van der Waals surface area contributed by atoms with Crippen molar-refractivity contribution in [3.8, 4) is 5.75 Å². The third-order valence-corrected chi connectivity index (χ3v) is 2.68. The summed E-state index contributed by atoms with van der Waals surface area (Å²) in [5.74, 6) is 0.582. The average molecular weight is 236 g/mol. The zero-order chi connectivity index (χ0) is 12.7. The highest BCUT2D eigenvalue weighted by molar-refractivity contribution is 5.73. The molecule has 0 aliphatic carbocycles. The molecule has 1 amide bonds. The summed E-state index contributed by atoms with van der Waals surface area (Å²) in [5.41, 5.74) is 6.22. The minimum absolute atomic E-state index is 0.186. The second-order valence-corrected chi connectivity index (χ2v) is 3.87. The Morgan fingerprint density at radius 3 is 2.76 bits per heavy atom. The molecule has 0 radical (unpaired) electrons. The standard InChI is InChI=1S/C13H20N2O2/c1-3-11(15-9-8-13(14)16)10-6-4-5-7-12(10)17-2/h4-7,11,15H,3,8-9H2,1-2H3,(H2,14,16). The highest BCUT2D eigenvalue weighted by Crippen LogP contribution is 2.26. The van der Waals surface area contributed by atoms with Crippen LogP contribution in [0.25, 0.3) is 0 Å². The zero-order valence-electron chi connectivity index (χ0n) is 10.4. The van der Waals surface area contributed by atoms with Crippen molar-refractivity contribution in [2.75, 3.05) is 13.7 Å². The fourth-order valence-electron chi connectivity index (χ4n) is 1.80. The number of nitrogens with one attached hydrogen (secondary N) is 1. The number of amides is 1. The third kappa shape index (κ3) is 4.07. The molecule has 0 bridgehead atoms. The molecule has 0 aromatic heterocycles. The zero-order valence-corrected chi connectivity index (χ0v) is 10.4. The van der Waals surface area contributed by atoms with Crippen LogP contribution in [0.2, 0.25) is 0 Å². The summed E-state index contributed by atoms with van der Waals surface area (Å²) in [5, 5.41) is 3.31. The Morgan fingerprint density at radius 1 is 1.47 bits per heavy atom. The molecule has 0 aliphatic heterocycles. The first-order chi connectivity index (χ1) is 8.19. The predicted molar refractivity (Wildman–Crippen MR) is 67.8 cm³/mol. The molecule has 0 aliphatic rings. The maximum Gasteiger partial charge on any atom is 0.218 e. The highest BCUT2D eigenvalue weighted by Gasteiger charge is 2.13. The van der Waals surface area contributed by atoms with Gasteiger partial charge in [0.25, 0.3) is 0 Å². The topological polar surface area (TPSA) is 64.3 Å². The molecule has 3 N–H and O–H groups in total. The molecule has 4 heteroatoms. The first-order valence-corrected chi connectivity index (χ1v) is 5.83. The average Bonchev–Trinajstić information content (AvgIpc) is 2.34. The van der Waals surface area contributed by atoms with Crippen LogP contribution in [0, 0.1) is 0 Å². The summed E-state index contributed by atoms with van der Waals surface area (Å²) in [4.78, 5) is 10.7. The molecule has 0 saturated heterocycles. The van der Waals surface area contributed by atoms with Crippen LogP contribution in [0.1, 0.15) is 31.4 Å². The maximum atomic E-state index is 10.7. The first kappa shape index (κ1) is 13.5. The van der Waals surface area contributed by atoms with Gasteiger partial charge < -0.3 is 15.8 Å². The van der Waals surface area contributed by atoms with Gasteiger partial charge in [-0.15, -0.1) is 0 Å². The van der Waals surface area contributed by atoms with Gasteiger partial charge in [0.1, 0.15) is 5.75 Å². The Labute approximate surface area is 102 Å². The van der Waals surface area contributed by atoms with Crippen LogP contribution in [0.5, 0.6) is 5.75 Å². The Hall–Kier alpha value is -1.55. The van der Waals surface area contributed by atoms with Crippen molar-refractivity contribution in [3.05, 3.63) is 29.8 Å². The number of carbonyl (C=O) groups excluding carboxylic acids is 1. The Kier molecular flexibility index (Phi) is 5.49. The van der Waals surface area contributed by atoms with Crippen molar-refractivity contribution in [2.45, 2.75) is 25.8 Å². The molecule has 1 atom stereocenters. The fraction of sp³-hybridized carbons (Fsp3) is 0.462. The summed E-state index contributed by atoms with van der Waals surface area (Å²) in [6, 6.07) is 8.08. The van der Waals surface area contributed by atoms with Crippen molar-refractivity contribution in [3.63, 3.8) is 0 Å². The Balaban J connectivity index is 2.68. The van der Waals surface area contributed by atoms with Gasteiger partial charge in [-0.05, 0) is 12.5 Å². The largest absolute Gasteiger partial charge is 0.496 e. The predicted octanol–water partition coefficient (Wildman–Crippen LogP) is 1.61. The number of rotatable bonds is 7. The molecule has 4 nitrogen and oxygen atoms in total. The van der Waals surface area contributed by atoms with Crippen molar-refractivity contribution >= 4 is 5.91 Å². The highest BCUT2D eigenvalue weighted by atomic mass is 16.5. The molecule has 17 heavy (non-hydrogen) atoms. The van der Waals surface area contributed by atoms with Gasteiger partial charge in [0.2, 0.25) is 5.91 Å². The summed E-state index contributed by atoms with van der Waals surface area (Å²) in [7, 11) is 1.66. The maximum absolute atomic E-state index is 10.7. The van der Waals surface area contributed by atoms with Gasteiger partial charge in [0, 0.05) is 24.6 Å². The van der Waals surface area contributed by atoms with E-state index in [1.165, 1.54) is 0 Å². The molecule has 1 aromatic carbocycles. The van der Waals surface area contributed by atoms with Gasteiger partial charge in [-0.2, -0.15) is 0 Å². The number of para-hydroxylation sites is 1. The number of benzene rings is 1. The van der Waals surface area contributed by atoms with Crippen LogP contribution in [-0.2, 0) is 4.79 Å². The Bertz CT molecular complexity index is 366. The lowest BCUT2D eigenvalue weighted by molar-refractivity contribution is -0.117. The minimum Gasteiger partial charge on any atom is -0.496 e. The summed E-state index contributed by atoms with van der Waals surface area (Å²) < 4.78 is 5.32. The van der Waals surface area contributed by atoms with E-state index in [0.717, 1.165) is 17.7 Å². The molecule has 0 spiro atoms. The van der Waals surface area contributed by atoms with Gasteiger partial charge in [-0.25, -0.2) is 0 Å². The van der Waals surface area contributed by atoms with E-state index >= 15 is 0 Å². The molecule has 1 unspecified atom stereocenters. The number of nitrogens with two attached hydrogens (primary N) is 1. The number of hydrogen-bond acceptors (Lipinski definition) is 3. The lowest BCUT2D eigenvalue weighted by Gasteiger charge is -2.19. The van der Waals surface area contributed by atoms with Crippen molar-refractivity contribution in [1.29, 1.82) is 0 Å². The summed E-state index contributed by atoms with van der Waals surface area (Å²) >= 11 is 0. The summed E-state index contributed by atoms with van der Waals surface area (Å²) in [6.45, 7) is 2.68. The smallest absolute Gasteiger partial charge is 0.218 e. The number of methoxy groups -OCH3 is 1. The number of hydrogen-bond donors (Lipinski definition) is 2. The monoisotopic (exact) mass is 236 g/mol. The lowest BCUT2D eigenvalue weighted by atomic mass is 10.0. The van der Waals surface area contributed by atoms with Crippen molar-refractivity contribution < 1.29 is 9.53 Å². The van der Waals surface area contributed by atoms with Crippen LogP contribution < -0.4 is 15.8 Å². The third-order valence-electron chi connectivity index (χ3n) is 2.68. The van der Waals surface area contributed by atoms with E-state index in [2.05, 4.69) is 12.2 Å². The second kappa shape index (κ2) is 6.91. The van der Waals surface area contributed by atoms with Gasteiger partial charge in [-0.1, -0.05) is 25.1 Å². The van der Waals surface area contributed by atoms with Crippen LogP contribution in [0.4, 0.5) is 0 Å². The normalized spacial score (nSPS) is 12.1. The van der Waals surface area contributed by atoms with E-state index in [-0.39, 0.29) is 11.9 Å².